The number of aliphatic imine (C=N–C) groups is 2. The Morgan fingerprint density at radius 3 is 2.36 bits per heavy atom. The predicted octanol–water partition coefficient (Wildman–Crippen LogP) is 2.87. The molecule has 0 spiro atoms. The summed E-state index contributed by atoms with van der Waals surface area (Å²) in [5, 5.41) is 21.2. The highest BCUT2D eigenvalue weighted by atomic mass is 32.2. The average Bonchev–Trinajstić information content (AvgIpc) is 3.27. The van der Waals surface area contributed by atoms with E-state index in [0.717, 1.165) is 35.1 Å². The molecule has 0 aromatic carbocycles. The summed E-state index contributed by atoms with van der Waals surface area (Å²) in [4.78, 5) is 9.21. The molecule has 22 heavy (non-hydrogen) atoms. The summed E-state index contributed by atoms with van der Waals surface area (Å²) in [6, 6.07) is 0.418. The van der Waals surface area contributed by atoms with Gasteiger partial charge >= 0.3 is 0 Å². The first-order chi connectivity index (χ1) is 10.8. The molecule has 0 radical (unpaired) electrons. The van der Waals surface area contributed by atoms with Crippen molar-refractivity contribution >= 4 is 33.6 Å². The Morgan fingerprint density at radius 1 is 1.00 bits per heavy atom. The molecule has 4 nitrogen and oxygen atoms in total. The first-order valence-electron chi connectivity index (χ1n) is 8.50. The summed E-state index contributed by atoms with van der Waals surface area (Å²) < 4.78 is 0. The van der Waals surface area contributed by atoms with E-state index in [1.54, 1.807) is 23.5 Å². The smallest absolute Gasteiger partial charge is 0.123 e. The van der Waals surface area contributed by atoms with Crippen LogP contribution in [-0.4, -0.2) is 56.1 Å². The topological polar surface area (TPSA) is 65.2 Å². The second-order valence-electron chi connectivity index (χ2n) is 6.47. The van der Waals surface area contributed by atoms with E-state index in [4.69, 9.17) is 10.1 Å². The van der Waals surface area contributed by atoms with Crippen LogP contribution in [0.25, 0.3) is 0 Å². The number of hydrogen-bond donors (Lipinski definition) is 2. The van der Waals surface area contributed by atoms with E-state index in [-0.39, 0.29) is 18.8 Å². The highest BCUT2D eigenvalue weighted by Crippen LogP contribution is 2.39. The van der Waals surface area contributed by atoms with Gasteiger partial charge in [-0.1, -0.05) is 43.9 Å². The van der Waals surface area contributed by atoms with E-state index in [0.29, 0.717) is 11.3 Å². The summed E-state index contributed by atoms with van der Waals surface area (Å²) in [5.41, 5.74) is 0. The van der Waals surface area contributed by atoms with E-state index in [9.17, 15) is 5.11 Å². The Bertz CT molecular complexity index is 430. The third kappa shape index (κ3) is 4.28. The SMILES string of the molecule is C1CCCC1.OCC1CSC(C2=NC3CCC(O)CC3S2)=N1. The van der Waals surface area contributed by atoms with Crippen LogP contribution in [0.3, 0.4) is 0 Å². The second kappa shape index (κ2) is 8.18. The Hall–Kier alpha value is -0.0400. The van der Waals surface area contributed by atoms with Crippen LogP contribution in [0.2, 0.25) is 0 Å². The molecule has 4 atom stereocenters. The van der Waals surface area contributed by atoms with Gasteiger partial charge < -0.3 is 10.2 Å². The van der Waals surface area contributed by atoms with Crippen LogP contribution >= 0.6 is 23.5 Å². The third-order valence-corrected chi connectivity index (χ3v) is 7.22. The summed E-state index contributed by atoms with van der Waals surface area (Å²) in [6.07, 6.45) is 10.1. The molecule has 124 valence electrons. The van der Waals surface area contributed by atoms with E-state index >= 15 is 0 Å². The van der Waals surface area contributed by atoms with Crippen molar-refractivity contribution in [1.82, 2.24) is 0 Å². The van der Waals surface area contributed by atoms with Crippen LogP contribution < -0.4 is 0 Å². The number of rotatable bonds is 2. The molecule has 6 heteroatoms. The molecular weight excluding hydrogens is 316 g/mol. The van der Waals surface area contributed by atoms with Crippen LogP contribution in [-0.2, 0) is 0 Å². The van der Waals surface area contributed by atoms with Gasteiger partial charge in [0.25, 0.3) is 0 Å². The van der Waals surface area contributed by atoms with Gasteiger partial charge in [-0.3, -0.25) is 9.98 Å². The minimum atomic E-state index is -0.151. The fourth-order valence-corrected chi connectivity index (χ4v) is 5.87. The molecule has 4 rings (SSSR count). The molecule has 2 saturated carbocycles. The van der Waals surface area contributed by atoms with E-state index < -0.39 is 0 Å². The van der Waals surface area contributed by atoms with Gasteiger partial charge in [0.1, 0.15) is 10.1 Å². The number of hydrogen-bond acceptors (Lipinski definition) is 6. The zero-order valence-corrected chi connectivity index (χ0v) is 14.6. The highest BCUT2D eigenvalue weighted by Gasteiger charge is 2.37. The molecule has 0 aromatic rings. The van der Waals surface area contributed by atoms with Gasteiger partial charge in [-0.15, -0.1) is 11.8 Å². The first-order valence-corrected chi connectivity index (χ1v) is 10.4. The van der Waals surface area contributed by atoms with Gasteiger partial charge in [-0.05, 0) is 19.3 Å². The van der Waals surface area contributed by atoms with E-state index in [1.807, 2.05) is 0 Å². The highest BCUT2D eigenvalue weighted by molar-refractivity contribution is 8.25. The second-order valence-corrected chi connectivity index (χ2v) is 8.71. The molecule has 0 amide bonds. The van der Waals surface area contributed by atoms with Crippen molar-refractivity contribution in [2.75, 3.05) is 12.4 Å². The molecule has 2 N–H and O–H groups in total. The van der Waals surface area contributed by atoms with Crippen LogP contribution in [0.15, 0.2) is 9.98 Å². The molecule has 4 aliphatic rings. The lowest BCUT2D eigenvalue weighted by atomic mass is 9.93. The van der Waals surface area contributed by atoms with Gasteiger partial charge in [-0.25, -0.2) is 0 Å². The lowest BCUT2D eigenvalue weighted by molar-refractivity contribution is 0.127. The molecule has 2 aliphatic heterocycles. The zero-order chi connectivity index (χ0) is 15.4. The van der Waals surface area contributed by atoms with Crippen LogP contribution in [0.4, 0.5) is 0 Å². The molecule has 2 fully saturated rings. The lowest BCUT2D eigenvalue weighted by Gasteiger charge is -2.26. The third-order valence-electron chi connectivity index (χ3n) is 4.63. The molecular formula is C16H26N2O2S2. The number of fused-ring (bicyclic) bond motifs is 1. The molecule has 0 aromatic heterocycles. The maximum atomic E-state index is 9.66. The Balaban J connectivity index is 0.000000246. The van der Waals surface area contributed by atoms with Gasteiger partial charge in [0.05, 0.1) is 24.8 Å². The lowest BCUT2D eigenvalue weighted by Crippen LogP contribution is -2.30. The summed E-state index contributed by atoms with van der Waals surface area (Å²) >= 11 is 3.46. The maximum absolute atomic E-state index is 9.66. The minimum Gasteiger partial charge on any atom is -0.394 e. The predicted molar refractivity (Wildman–Crippen MR) is 96.3 cm³/mol. The molecule has 4 unspecified atom stereocenters. The summed E-state index contributed by atoms with van der Waals surface area (Å²) in [5.74, 6) is 0.864. The number of aliphatic hydroxyl groups excluding tert-OH is 2. The van der Waals surface area contributed by atoms with Gasteiger partial charge in [-0.2, -0.15) is 0 Å². The van der Waals surface area contributed by atoms with Crippen molar-refractivity contribution in [3.8, 4) is 0 Å². The Morgan fingerprint density at radius 2 is 1.73 bits per heavy atom. The molecule has 2 heterocycles. The largest absolute Gasteiger partial charge is 0.394 e. The van der Waals surface area contributed by atoms with Crippen molar-refractivity contribution in [3.05, 3.63) is 0 Å². The van der Waals surface area contributed by atoms with Gasteiger partial charge in [0.15, 0.2) is 0 Å². The summed E-state index contributed by atoms with van der Waals surface area (Å²) in [6.45, 7) is 0.125. The minimum absolute atomic E-state index is 0.0477. The van der Waals surface area contributed by atoms with E-state index in [1.165, 1.54) is 32.1 Å². The monoisotopic (exact) mass is 342 g/mol. The van der Waals surface area contributed by atoms with Crippen molar-refractivity contribution < 1.29 is 10.2 Å². The normalized spacial score (nSPS) is 37.2. The summed E-state index contributed by atoms with van der Waals surface area (Å²) in [7, 11) is 0. The fourth-order valence-electron chi connectivity index (χ4n) is 3.31. The average molecular weight is 343 g/mol. The number of aliphatic hydroxyl groups is 2. The van der Waals surface area contributed by atoms with Crippen LogP contribution in [0, 0.1) is 0 Å². The first kappa shape index (κ1) is 16.8. The van der Waals surface area contributed by atoms with Gasteiger partial charge in [0, 0.05) is 11.0 Å². The van der Waals surface area contributed by atoms with Crippen LogP contribution in [0.1, 0.15) is 51.4 Å². The quantitative estimate of drug-likeness (QED) is 0.810. The maximum Gasteiger partial charge on any atom is 0.123 e. The molecule has 0 bridgehead atoms. The Labute approximate surface area is 141 Å². The zero-order valence-electron chi connectivity index (χ0n) is 13.0. The fraction of sp³-hybridized carbons (Fsp3) is 0.875. The molecule has 0 saturated heterocycles. The number of thioether (sulfide) groups is 2. The molecule has 2 aliphatic carbocycles. The van der Waals surface area contributed by atoms with Crippen LogP contribution in [0.5, 0.6) is 0 Å². The number of nitrogens with zero attached hydrogens (tertiary/aromatic N) is 2. The standard InChI is InChI=1S/C11H16N2O2S2.C5H10/c14-4-6-5-16-10(12-6)11-13-8-2-1-7(15)3-9(8)17-11;1-2-4-5-3-1/h6-9,14-15H,1-5H2;1-5H2. The van der Waals surface area contributed by atoms with Crippen molar-refractivity contribution in [2.24, 2.45) is 9.98 Å². The van der Waals surface area contributed by atoms with Crippen molar-refractivity contribution in [3.63, 3.8) is 0 Å². The van der Waals surface area contributed by atoms with Crippen molar-refractivity contribution in [1.29, 1.82) is 0 Å². The Kier molecular flexibility index (Phi) is 6.24. The van der Waals surface area contributed by atoms with Gasteiger partial charge in [0.2, 0.25) is 0 Å². The van der Waals surface area contributed by atoms with Crippen molar-refractivity contribution in [2.45, 2.75) is 74.8 Å². The van der Waals surface area contributed by atoms with E-state index in [2.05, 4.69) is 4.99 Å².